The molecule has 1 atom stereocenters. The van der Waals surface area contributed by atoms with Gasteiger partial charge in [-0.05, 0) is 50.1 Å². The molecule has 1 amide bonds. The second kappa shape index (κ2) is 7.75. The summed E-state index contributed by atoms with van der Waals surface area (Å²) in [5.74, 6) is 0. The van der Waals surface area contributed by atoms with Crippen molar-refractivity contribution in [2.24, 2.45) is 0 Å². The first-order chi connectivity index (χ1) is 14.0. The number of nitrogens with one attached hydrogen (secondary N) is 1. The fraction of sp³-hybridized carbons (Fsp3) is 0.364. The fourth-order valence-corrected chi connectivity index (χ4v) is 3.78. The van der Waals surface area contributed by atoms with Crippen molar-refractivity contribution in [2.75, 3.05) is 30.5 Å². The van der Waals surface area contributed by atoms with Crippen LogP contribution < -0.4 is 10.2 Å². The standard InChI is InChI=1S/C22H26N4O3/c1-14-7-5-9-20(26-12-17(13-28-4)29-22(26)27)18(14)11-23-19-8-6-10-25-16(3)15(2)24-21(19)25/h5-10,17,23H,11-13H2,1-4H3. The molecule has 2 aromatic heterocycles. The third-order valence-electron chi connectivity index (χ3n) is 5.48. The van der Waals surface area contributed by atoms with Crippen molar-refractivity contribution in [3.8, 4) is 0 Å². The third kappa shape index (κ3) is 3.53. The minimum Gasteiger partial charge on any atom is -0.441 e. The number of cyclic esters (lactones) is 1. The van der Waals surface area contributed by atoms with Gasteiger partial charge >= 0.3 is 6.09 Å². The summed E-state index contributed by atoms with van der Waals surface area (Å²) in [5, 5.41) is 3.51. The molecule has 1 saturated heterocycles. The van der Waals surface area contributed by atoms with Crippen molar-refractivity contribution in [1.29, 1.82) is 0 Å². The number of benzene rings is 1. The molecule has 29 heavy (non-hydrogen) atoms. The Hall–Kier alpha value is -3.06. The van der Waals surface area contributed by atoms with Crippen LogP contribution in [0.2, 0.25) is 0 Å². The van der Waals surface area contributed by atoms with Crippen LogP contribution in [0.3, 0.4) is 0 Å². The van der Waals surface area contributed by atoms with E-state index in [0.29, 0.717) is 19.7 Å². The van der Waals surface area contributed by atoms with Gasteiger partial charge in [0.1, 0.15) is 6.10 Å². The zero-order valence-corrected chi connectivity index (χ0v) is 17.2. The van der Waals surface area contributed by atoms with Gasteiger partial charge in [0.25, 0.3) is 0 Å². The first-order valence-electron chi connectivity index (χ1n) is 9.73. The van der Waals surface area contributed by atoms with Crippen LogP contribution in [0.5, 0.6) is 0 Å². The quantitative estimate of drug-likeness (QED) is 0.688. The molecule has 3 heterocycles. The molecule has 1 aliphatic heterocycles. The predicted octanol–water partition coefficient (Wildman–Crippen LogP) is 3.84. The molecule has 1 aromatic carbocycles. The Morgan fingerprint density at radius 2 is 2.07 bits per heavy atom. The molecular weight excluding hydrogens is 368 g/mol. The number of aromatic nitrogens is 2. The number of rotatable bonds is 6. The maximum Gasteiger partial charge on any atom is 0.414 e. The summed E-state index contributed by atoms with van der Waals surface area (Å²) in [6, 6.07) is 10.0. The highest BCUT2D eigenvalue weighted by molar-refractivity contribution is 5.91. The predicted molar refractivity (Wildman–Crippen MR) is 113 cm³/mol. The topological polar surface area (TPSA) is 68.1 Å². The molecule has 0 saturated carbocycles. The van der Waals surface area contributed by atoms with Gasteiger partial charge in [-0.15, -0.1) is 0 Å². The van der Waals surface area contributed by atoms with Crippen molar-refractivity contribution in [1.82, 2.24) is 9.38 Å². The lowest BCUT2D eigenvalue weighted by atomic mass is 10.1. The molecule has 1 unspecified atom stereocenters. The van der Waals surface area contributed by atoms with E-state index in [1.165, 1.54) is 0 Å². The van der Waals surface area contributed by atoms with Crippen LogP contribution in [0.15, 0.2) is 36.5 Å². The average molecular weight is 394 g/mol. The van der Waals surface area contributed by atoms with Crippen molar-refractivity contribution in [3.05, 3.63) is 59.0 Å². The van der Waals surface area contributed by atoms with E-state index < -0.39 is 0 Å². The summed E-state index contributed by atoms with van der Waals surface area (Å²) >= 11 is 0. The molecule has 1 fully saturated rings. The van der Waals surface area contributed by atoms with Crippen LogP contribution in [0, 0.1) is 20.8 Å². The average Bonchev–Trinajstić information content (AvgIpc) is 3.21. The van der Waals surface area contributed by atoms with Gasteiger partial charge in [0, 0.05) is 25.5 Å². The van der Waals surface area contributed by atoms with E-state index in [-0.39, 0.29) is 12.2 Å². The van der Waals surface area contributed by atoms with Gasteiger partial charge in [-0.25, -0.2) is 9.78 Å². The van der Waals surface area contributed by atoms with E-state index in [2.05, 4.69) is 29.6 Å². The van der Waals surface area contributed by atoms with Gasteiger partial charge in [0.2, 0.25) is 0 Å². The number of fused-ring (bicyclic) bond motifs is 1. The molecule has 0 spiro atoms. The largest absolute Gasteiger partial charge is 0.441 e. The van der Waals surface area contributed by atoms with Gasteiger partial charge in [-0.1, -0.05) is 12.1 Å². The van der Waals surface area contributed by atoms with E-state index in [0.717, 1.165) is 39.5 Å². The smallest absolute Gasteiger partial charge is 0.414 e. The number of methoxy groups -OCH3 is 1. The zero-order valence-electron chi connectivity index (χ0n) is 17.2. The molecule has 4 rings (SSSR count). The van der Waals surface area contributed by atoms with E-state index in [4.69, 9.17) is 14.5 Å². The Labute approximate surface area is 170 Å². The van der Waals surface area contributed by atoms with Crippen molar-refractivity contribution in [3.63, 3.8) is 0 Å². The molecule has 0 radical (unpaired) electrons. The number of aryl methyl sites for hydroxylation is 3. The van der Waals surface area contributed by atoms with Crippen molar-refractivity contribution in [2.45, 2.75) is 33.4 Å². The summed E-state index contributed by atoms with van der Waals surface area (Å²) < 4.78 is 12.7. The monoisotopic (exact) mass is 394 g/mol. The zero-order chi connectivity index (χ0) is 20.5. The molecule has 1 aliphatic rings. The second-order valence-electron chi connectivity index (χ2n) is 7.40. The lowest BCUT2D eigenvalue weighted by molar-refractivity contribution is 0.0718. The van der Waals surface area contributed by atoms with Gasteiger partial charge in [0.15, 0.2) is 5.65 Å². The van der Waals surface area contributed by atoms with Gasteiger partial charge < -0.3 is 19.2 Å². The lowest BCUT2D eigenvalue weighted by Gasteiger charge is -2.20. The summed E-state index contributed by atoms with van der Waals surface area (Å²) in [4.78, 5) is 18.8. The van der Waals surface area contributed by atoms with Crippen LogP contribution in [0.1, 0.15) is 22.5 Å². The van der Waals surface area contributed by atoms with Crippen LogP contribution in [-0.2, 0) is 16.0 Å². The Morgan fingerprint density at radius 3 is 2.86 bits per heavy atom. The Bertz CT molecular complexity index is 1060. The molecule has 7 heteroatoms. The SMILES string of the molecule is COCC1CN(c2cccc(C)c2CNc2cccn3c(C)c(C)nc23)C(=O)O1. The van der Waals surface area contributed by atoms with Gasteiger partial charge in [0.05, 0.1) is 30.2 Å². The highest BCUT2D eigenvalue weighted by Gasteiger charge is 2.33. The Balaban J connectivity index is 1.62. The number of amides is 1. The number of hydrogen-bond acceptors (Lipinski definition) is 5. The number of carbonyl (C=O) groups is 1. The second-order valence-corrected chi connectivity index (χ2v) is 7.40. The normalized spacial score (nSPS) is 16.5. The molecule has 1 N–H and O–H groups in total. The lowest BCUT2D eigenvalue weighted by Crippen LogP contribution is -2.27. The highest BCUT2D eigenvalue weighted by atomic mass is 16.6. The molecule has 0 aliphatic carbocycles. The van der Waals surface area contributed by atoms with Crippen molar-refractivity contribution >= 4 is 23.1 Å². The van der Waals surface area contributed by atoms with Crippen LogP contribution in [-0.4, -0.2) is 41.8 Å². The van der Waals surface area contributed by atoms with E-state index in [1.807, 2.05) is 37.4 Å². The Morgan fingerprint density at radius 1 is 1.24 bits per heavy atom. The first-order valence-corrected chi connectivity index (χ1v) is 9.73. The van der Waals surface area contributed by atoms with E-state index in [9.17, 15) is 4.79 Å². The maximum atomic E-state index is 12.4. The minimum absolute atomic E-state index is 0.251. The number of hydrogen-bond donors (Lipinski definition) is 1. The van der Waals surface area contributed by atoms with E-state index >= 15 is 0 Å². The van der Waals surface area contributed by atoms with E-state index in [1.54, 1.807) is 12.0 Å². The number of imidazole rings is 1. The first kappa shape index (κ1) is 19.3. The molecule has 0 bridgehead atoms. The third-order valence-corrected chi connectivity index (χ3v) is 5.48. The number of pyridine rings is 1. The summed E-state index contributed by atoms with van der Waals surface area (Å²) in [7, 11) is 1.61. The number of anilines is 2. The summed E-state index contributed by atoms with van der Waals surface area (Å²) in [5.41, 5.74) is 7.04. The summed E-state index contributed by atoms with van der Waals surface area (Å²) in [6.07, 6.45) is 1.43. The molecule has 152 valence electrons. The highest BCUT2D eigenvalue weighted by Crippen LogP contribution is 2.29. The van der Waals surface area contributed by atoms with Gasteiger partial charge in [-0.2, -0.15) is 0 Å². The van der Waals surface area contributed by atoms with Crippen LogP contribution in [0.4, 0.5) is 16.2 Å². The Kier molecular flexibility index (Phi) is 5.15. The minimum atomic E-state index is -0.333. The number of nitrogens with zero attached hydrogens (tertiary/aromatic N) is 3. The van der Waals surface area contributed by atoms with Crippen LogP contribution in [0.25, 0.3) is 5.65 Å². The maximum absolute atomic E-state index is 12.4. The molecule has 3 aromatic rings. The molecular formula is C22H26N4O3. The molecule has 7 nitrogen and oxygen atoms in total. The number of ether oxygens (including phenoxy) is 2. The fourth-order valence-electron chi connectivity index (χ4n) is 3.78. The van der Waals surface area contributed by atoms with Crippen molar-refractivity contribution < 1.29 is 14.3 Å². The van der Waals surface area contributed by atoms with Gasteiger partial charge in [-0.3, -0.25) is 4.90 Å². The summed E-state index contributed by atoms with van der Waals surface area (Å²) in [6.45, 7) is 7.58. The van der Waals surface area contributed by atoms with Crippen LogP contribution >= 0.6 is 0 Å². The number of carbonyl (C=O) groups excluding carboxylic acids is 1.